The van der Waals surface area contributed by atoms with E-state index in [0.29, 0.717) is 5.69 Å². The van der Waals surface area contributed by atoms with Crippen molar-refractivity contribution in [3.05, 3.63) is 24.3 Å². The van der Waals surface area contributed by atoms with E-state index in [0.717, 1.165) is 4.31 Å². The standard InChI is InChI=1S/C13H18N2O6S/c1-3-22(19,20)15(2)8-12(16)14-10-5-4-6-11(7-10)21-9-13(17)18/h4-7H,3,8-9H2,1-2H3,(H,14,16)(H,17,18). The number of aliphatic carboxylic acids is 1. The van der Waals surface area contributed by atoms with Gasteiger partial charge in [0.1, 0.15) is 5.75 Å². The van der Waals surface area contributed by atoms with Gasteiger partial charge in [-0.2, -0.15) is 4.31 Å². The van der Waals surface area contributed by atoms with E-state index in [-0.39, 0.29) is 18.0 Å². The summed E-state index contributed by atoms with van der Waals surface area (Å²) in [4.78, 5) is 22.2. The molecule has 0 heterocycles. The van der Waals surface area contributed by atoms with Gasteiger partial charge in [-0.1, -0.05) is 6.07 Å². The molecule has 8 nitrogen and oxygen atoms in total. The number of nitrogens with one attached hydrogen (secondary N) is 1. The highest BCUT2D eigenvalue weighted by atomic mass is 32.2. The number of ether oxygens (including phenoxy) is 1. The molecular weight excluding hydrogens is 312 g/mol. The maximum atomic E-state index is 11.8. The molecule has 9 heteroatoms. The molecule has 1 amide bonds. The van der Waals surface area contributed by atoms with Gasteiger partial charge in [-0.05, 0) is 19.1 Å². The summed E-state index contributed by atoms with van der Waals surface area (Å²) in [6.07, 6.45) is 0. The van der Waals surface area contributed by atoms with Crippen LogP contribution in [0.25, 0.3) is 0 Å². The van der Waals surface area contributed by atoms with Crippen LogP contribution in [0.2, 0.25) is 0 Å². The molecule has 0 saturated carbocycles. The van der Waals surface area contributed by atoms with E-state index in [1.54, 1.807) is 18.2 Å². The minimum Gasteiger partial charge on any atom is -0.482 e. The fourth-order valence-electron chi connectivity index (χ4n) is 1.53. The van der Waals surface area contributed by atoms with Gasteiger partial charge in [0, 0.05) is 18.8 Å². The van der Waals surface area contributed by atoms with Crippen LogP contribution in [-0.4, -0.2) is 55.7 Å². The maximum absolute atomic E-state index is 11.8. The Bertz CT molecular complexity index is 644. The summed E-state index contributed by atoms with van der Waals surface area (Å²) in [7, 11) is -2.11. The van der Waals surface area contributed by atoms with Gasteiger partial charge in [0.05, 0.1) is 12.3 Å². The van der Waals surface area contributed by atoms with Crippen molar-refractivity contribution in [1.29, 1.82) is 0 Å². The SMILES string of the molecule is CCS(=O)(=O)N(C)CC(=O)Nc1cccc(OCC(=O)O)c1. The van der Waals surface area contributed by atoms with Crippen molar-refractivity contribution in [2.24, 2.45) is 0 Å². The Balaban J connectivity index is 2.65. The van der Waals surface area contributed by atoms with E-state index in [2.05, 4.69) is 5.32 Å². The number of rotatable bonds is 8. The number of likely N-dealkylation sites (N-methyl/N-ethyl adjacent to an activating group) is 1. The highest BCUT2D eigenvalue weighted by Gasteiger charge is 2.18. The first-order chi connectivity index (χ1) is 10.2. The Morgan fingerprint density at radius 3 is 2.64 bits per heavy atom. The summed E-state index contributed by atoms with van der Waals surface area (Å²) in [5.74, 6) is -1.42. The van der Waals surface area contributed by atoms with Gasteiger partial charge in [-0.3, -0.25) is 4.79 Å². The lowest BCUT2D eigenvalue weighted by Crippen LogP contribution is -2.35. The van der Waals surface area contributed by atoms with Crippen molar-refractivity contribution in [3.8, 4) is 5.75 Å². The number of carboxylic acids is 1. The van der Waals surface area contributed by atoms with Crippen molar-refractivity contribution in [2.75, 3.05) is 31.3 Å². The first kappa shape index (κ1) is 17.9. The Morgan fingerprint density at radius 2 is 2.05 bits per heavy atom. The van der Waals surface area contributed by atoms with Crippen LogP contribution in [0.15, 0.2) is 24.3 Å². The molecule has 0 bridgehead atoms. The van der Waals surface area contributed by atoms with Crippen LogP contribution in [0.3, 0.4) is 0 Å². The monoisotopic (exact) mass is 330 g/mol. The largest absolute Gasteiger partial charge is 0.482 e. The third-order valence-electron chi connectivity index (χ3n) is 2.69. The lowest BCUT2D eigenvalue weighted by molar-refractivity contribution is -0.139. The number of anilines is 1. The molecule has 22 heavy (non-hydrogen) atoms. The van der Waals surface area contributed by atoms with Gasteiger partial charge in [0.25, 0.3) is 0 Å². The summed E-state index contributed by atoms with van der Waals surface area (Å²) < 4.78 is 29.1. The molecule has 1 aromatic carbocycles. The number of amides is 1. The quantitative estimate of drug-likeness (QED) is 0.712. The molecular formula is C13H18N2O6S. The topological polar surface area (TPSA) is 113 Å². The molecule has 2 N–H and O–H groups in total. The molecule has 1 rings (SSSR count). The van der Waals surface area contributed by atoms with Crippen LogP contribution in [0, 0.1) is 0 Å². The fourth-order valence-corrected chi connectivity index (χ4v) is 2.28. The Labute approximate surface area is 128 Å². The predicted octanol–water partition coefficient (Wildman–Crippen LogP) is 0.370. The minimum atomic E-state index is -3.43. The third-order valence-corrected chi connectivity index (χ3v) is 4.49. The zero-order valence-corrected chi connectivity index (χ0v) is 13.1. The average Bonchev–Trinajstić information content (AvgIpc) is 2.45. The van der Waals surface area contributed by atoms with Gasteiger partial charge in [0.15, 0.2) is 6.61 Å². The summed E-state index contributed by atoms with van der Waals surface area (Å²) in [5.41, 5.74) is 0.384. The number of hydrogen-bond acceptors (Lipinski definition) is 5. The lowest BCUT2D eigenvalue weighted by atomic mass is 10.3. The van der Waals surface area contributed by atoms with E-state index < -0.39 is 28.5 Å². The van der Waals surface area contributed by atoms with Crippen LogP contribution in [0.1, 0.15) is 6.92 Å². The maximum Gasteiger partial charge on any atom is 0.341 e. The second-order valence-corrected chi connectivity index (χ2v) is 6.78. The second-order valence-electron chi connectivity index (χ2n) is 4.42. The van der Waals surface area contributed by atoms with Gasteiger partial charge >= 0.3 is 5.97 Å². The molecule has 0 atom stereocenters. The van der Waals surface area contributed by atoms with E-state index in [1.165, 1.54) is 20.0 Å². The van der Waals surface area contributed by atoms with Crippen LogP contribution in [0.4, 0.5) is 5.69 Å². The normalized spacial score (nSPS) is 11.2. The molecule has 0 aromatic heterocycles. The number of nitrogens with zero attached hydrogens (tertiary/aromatic N) is 1. The molecule has 122 valence electrons. The van der Waals surface area contributed by atoms with E-state index in [4.69, 9.17) is 9.84 Å². The number of carbonyl (C=O) groups excluding carboxylic acids is 1. The molecule has 0 saturated heterocycles. The minimum absolute atomic E-state index is 0.0880. The molecule has 0 aliphatic rings. The van der Waals surface area contributed by atoms with E-state index in [1.807, 2.05) is 0 Å². The van der Waals surface area contributed by atoms with E-state index in [9.17, 15) is 18.0 Å². The summed E-state index contributed by atoms with van der Waals surface area (Å²) >= 11 is 0. The average molecular weight is 330 g/mol. The molecule has 0 radical (unpaired) electrons. The summed E-state index contributed by atoms with van der Waals surface area (Å²) in [6, 6.07) is 6.17. The number of benzene rings is 1. The predicted molar refractivity (Wildman–Crippen MR) is 80.3 cm³/mol. The zero-order chi connectivity index (χ0) is 16.8. The number of carbonyl (C=O) groups is 2. The van der Waals surface area contributed by atoms with Crippen LogP contribution < -0.4 is 10.1 Å². The first-order valence-corrected chi connectivity index (χ1v) is 8.04. The fraction of sp³-hybridized carbons (Fsp3) is 0.385. The number of sulfonamides is 1. The second kappa shape index (κ2) is 7.76. The van der Waals surface area contributed by atoms with Crippen LogP contribution in [-0.2, 0) is 19.6 Å². The van der Waals surface area contributed by atoms with Crippen molar-refractivity contribution in [2.45, 2.75) is 6.92 Å². The number of carboxylic acid groups (broad SMARTS) is 1. The third kappa shape index (κ3) is 5.70. The van der Waals surface area contributed by atoms with Crippen molar-refractivity contribution >= 4 is 27.6 Å². The highest BCUT2D eigenvalue weighted by Crippen LogP contribution is 2.17. The number of hydrogen-bond donors (Lipinski definition) is 2. The van der Waals surface area contributed by atoms with Gasteiger partial charge in [0.2, 0.25) is 15.9 Å². The Kier molecular flexibility index (Phi) is 6.32. The van der Waals surface area contributed by atoms with Gasteiger partial charge in [-0.25, -0.2) is 13.2 Å². The molecule has 1 aromatic rings. The smallest absolute Gasteiger partial charge is 0.341 e. The molecule has 0 aliphatic heterocycles. The van der Waals surface area contributed by atoms with E-state index >= 15 is 0 Å². The highest BCUT2D eigenvalue weighted by molar-refractivity contribution is 7.89. The van der Waals surface area contributed by atoms with Crippen LogP contribution >= 0.6 is 0 Å². The Morgan fingerprint density at radius 1 is 1.36 bits per heavy atom. The Hall–Kier alpha value is -2.13. The summed E-state index contributed by atoms with van der Waals surface area (Å²) in [6.45, 7) is 0.693. The molecule has 0 fully saturated rings. The zero-order valence-electron chi connectivity index (χ0n) is 12.3. The lowest BCUT2D eigenvalue weighted by Gasteiger charge is -2.15. The molecule has 0 unspecified atom stereocenters. The van der Waals surface area contributed by atoms with Crippen molar-refractivity contribution in [1.82, 2.24) is 4.31 Å². The molecule has 0 aliphatic carbocycles. The van der Waals surface area contributed by atoms with Crippen LogP contribution in [0.5, 0.6) is 5.75 Å². The van der Waals surface area contributed by atoms with Crippen molar-refractivity contribution < 1.29 is 27.9 Å². The van der Waals surface area contributed by atoms with Gasteiger partial charge < -0.3 is 15.2 Å². The molecule has 0 spiro atoms. The summed E-state index contributed by atoms with van der Waals surface area (Å²) in [5, 5.41) is 11.1. The van der Waals surface area contributed by atoms with Crippen molar-refractivity contribution in [3.63, 3.8) is 0 Å². The van der Waals surface area contributed by atoms with Gasteiger partial charge in [-0.15, -0.1) is 0 Å². The first-order valence-electron chi connectivity index (χ1n) is 6.43.